The summed E-state index contributed by atoms with van der Waals surface area (Å²) in [5.41, 5.74) is 2.86. The van der Waals surface area contributed by atoms with Crippen molar-refractivity contribution < 1.29 is 4.39 Å². The SMILES string of the molecule is CCNC(c1cccc(Br)c1C)c1cccc(Br)c1F. The second-order valence-electron chi connectivity index (χ2n) is 4.59. The Balaban J connectivity index is 2.56. The van der Waals surface area contributed by atoms with Crippen molar-refractivity contribution in [2.24, 2.45) is 0 Å². The summed E-state index contributed by atoms with van der Waals surface area (Å²) in [6.07, 6.45) is 0. The molecule has 0 saturated carbocycles. The third kappa shape index (κ3) is 3.13. The summed E-state index contributed by atoms with van der Waals surface area (Å²) in [4.78, 5) is 0. The van der Waals surface area contributed by atoms with Crippen LogP contribution < -0.4 is 5.32 Å². The predicted octanol–water partition coefficient (Wildman–Crippen LogP) is 5.36. The summed E-state index contributed by atoms with van der Waals surface area (Å²) in [6.45, 7) is 4.83. The van der Waals surface area contributed by atoms with Crippen LogP contribution in [0.3, 0.4) is 0 Å². The minimum absolute atomic E-state index is 0.157. The molecule has 0 radical (unpaired) electrons. The molecule has 0 saturated heterocycles. The van der Waals surface area contributed by atoms with Crippen LogP contribution in [0.2, 0.25) is 0 Å². The molecule has 1 nitrogen and oxygen atoms in total. The molecule has 0 aliphatic rings. The average Bonchev–Trinajstić information content (AvgIpc) is 2.43. The highest BCUT2D eigenvalue weighted by Gasteiger charge is 2.20. The van der Waals surface area contributed by atoms with Crippen molar-refractivity contribution in [3.8, 4) is 0 Å². The molecule has 2 aromatic carbocycles. The van der Waals surface area contributed by atoms with Crippen molar-refractivity contribution in [1.82, 2.24) is 5.32 Å². The zero-order valence-corrected chi connectivity index (χ0v) is 14.6. The van der Waals surface area contributed by atoms with Crippen LogP contribution in [0.15, 0.2) is 45.3 Å². The molecule has 106 valence electrons. The normalized spacial score (nSPS) is 12.4. The molecule has 20 heavy (non-hydrogen) atoms. The summed E-state index contributed by atoms with van der Waals surface area (Å²) < 4.78 is 15.9. The Morgan fingerprint density at radius 3 is 2.30 bits per heavy atom. The Bertz CT molecular complexity index is 562. The summed E-state index contributed by atoms with van der Waals surface area (Å²) in [5.74, 6) is -0.210. The van der Waals surface area contributed by atoms with Crippen LogP contribution in [-0.4, -0.2) is 6.54 Å². The van der Waals surface area contributed by atoms with Gasteiger partial charge in [-0.1, -0.05) is 47.1 Å². The highest BCUT2D eigenvalue weighted by molar-refractivity contribution is 9.10. The first-order chi connectivity index (χ1) is 9.56. The van der Waals surface area contributed by atoms with E-state index in [9.17, 15) is 4.39 Å². The smallest absolute Gasteiger partial charge is 0.142 e. The first kappa shape index (κ1) is 15.7. The molecule has 1 unspecified atom stereocenters. The van der Waals surface area contributed by atoms with Crippen LogP contribution in [0.4, 0.5) is 4.39 Å². The molecule has 0 bridgehead atoms. The molecule has 1 atom stereocenters. The van der Waals surface area contributed by atoms with Gasteiger partial charge in [-0.2, -0.15) is 0 Å². The molecule has 1 N–H and O–H groups in total. The molecule has 0 heterocycles. The van der Waals surface area contributed by atoms with Gasteiger partial charge in [0.15, 0.2) is 0 Å². The van der Waals surface area contributed by atoms with E-state index < -0.39 is 0 Å². The number of hydrogen-bond acceptors (Lipinski definition) is 1. The van der Waals surface area contributed by atoms with E-state index in [4.69, 9.17) is 0 Å². The fourth-order valence-electron chi connectivity index (χ4n) is 2.27. The molecule has 0 spiro atoms. The molecular formula is C16H16Br2FN. The van der Waals surface area contributed by atoms with Crippen LogP contribution in [-0.2, 0) is 0 Å². The Kier molecular flexibility index (Phi) is 5.35. The van der Waals surface area contributed by atoms with E-state index in [1.54, 1.807) is 6.07 Å². The predicted molar refractivity (Wildman–Crippen MR) is 88.5 cm³/mol. The highest BCUT2D eigenvalue weighted by atomic mass is 79.9. The molecule has 0 aromatic heterocycles. The highest BCUT2D eigenvalue weighted by Crippen LogP contribution is 2.32. The van der Waals surface area contributed by atoms with Gasteiger partial charge in [0.1, 0.15) is 5.82 Å². The summed E-state index contributed by atoms with van der Waals surface area (Å²) >= 11 is 6.80. The van der Waals surface area contributed by atoms with E-state index in [2.05, 4.69) is 37.2 Å². The van der Waals surface area contributed by atoms with Gasteiger partial charge in [-0.3, -0.25) is 0 Å². The van der Waals surface area contributed by atoms with Gasteiger partial charge in [0.05, 0.1) is 10.5 Å². The molecule has 4 heteroatoms. The van der Waals surface area contributed by atoms with Crippen LogP contribution >= 0.6 is 31.9 Å². The Morgan fingerprint density at radius 2 is 1.65 bits per heavy atom. The molecule has 0 aliphatic carbocycles. The van der Waals surface area contributed by atoms with Crippen molar-refractivity contribution in [2.75, 3.05) is 6.54 Å². The van der Waals surface area contributed by atoms with Crippen molar-refractivity contribution in [3.05, 3.63) is 67.9 Å². The Labute approximate surface area is 135 Å². The second-order valence-corrected chi connectivity index (χ2v) is 6.30. The van der Waals surface area contributed by atoms with Crippen LogP contribution in [0, 0.1) is 12.7 Å². The summed E-state index contributed by atoms with van der Waals surface area (Å²) in [5, 5.41) is 3.37. The van der Waals surface area contributed by atoms with Gasteiger partial charge in [0.2, 0.25) is 0 Å². The van der Waals surface area contributed by atoms with Crippen LogP contribution in [0.25, 0.3) is 0 Å². The van der Waals surface area contributed by atoms with Gasteiger partial charge in [0, 0.05) is 10.0 Å². The first-order valence-electron chi connectivity index (χ1n) is 6.48. The number of halogens is 3. The lowest BCUT2D eigenvalue weighted by atomic mass is 9.94. The van der Waals surface area contributed by atoms with E-state index in [0.29, 0.717) is 10.0 Å². The second kappa shape index (κ2) is 6.83. The largest absolute Gasteiger partial charge is 0.306 e. The molecule has 2 rings (SSSR count). The monoisotopic (exact) mass is 399 g/mol. The number of benzene rings is 2. The van der Waals surface area contributed by atoms with E-state index in [1.165, 1.54) is 0 Å². The van der Waals surface area contributed by atoms with Gasteiger partial charge in [0.25, 0.3) is 0 Å². The van der Waals surface area contributed by atoms with E-state index in [1.807, 2.05) is 44.2 Å². The van der Waals surface area contributed by atoms with Gasteiger partial charge in [-0.05, 0) is 52.7 Å². The minimum atomic E-state index is -0.210. The van der Waals surface area contributed by atoms with Crippen molar-refractivity contribution >= 4 is 31.9 Å². The molecular weight excluding hydrogens is 385 g/mol. The van der Waals surface area contributed by atoms with E-state index >= 15 is 0 Å². The van der Waals surface area contributed by atoms with E-state index in [-0.39, 0.29) is 11.9 Å². The van der Waals surface area contributed by atoms with Crippen LogP contribution in [0.5, 0.6) is 0 Å². The fourth-order valence-corrected chi connectivity index (χ4v) is 3.03. The van der Waals surface area contributed by atoms with E-state index in [0.717, 1.165) is 22.1 Å². The fraction of sp³-hybridized carbons (Fsp3) is 0.250. The minimum Gasteiger partial charge on any atom is -0.306 e. The maximum atomic E-state index is 14.4. The van der Waals surface area contributed by atoms with Crippen molar-refractivity contribution in [2.45, 2.75) is 19.9 Å². The van der Waals surface area contributed by atoms with Gasteiger partial charge >= 0.3 is 0 Å². The molecule has 0 amide bonds. The maximum Gasteiger partial charge on any atom is 0.142 e. The first-order valence-corrected chi connectivity index (χ1v) is 8.07. The Hall–Kier alpha value is -0.710. The van der Waals surface area contributed by atoms with Crippen LogP contribution in [0.1, 0.15) is 29.7 Å². The number of hydrogen-bond donors (Lipinski definition) is 1. The third-order valence-corrected chi connectivity index (χ3v) is 4.79. The van der Waals surface area contributed by atoms with Crippen molar-refractivity contribution in [3.63, 3.8) is 0 Å². The summed E-state index contributed by atoms with van der Waals surface area (Å²) in [6, 6.07) is 11.3. The van der Waals surface area contributed by atoms with Gasteiger partial charge in [-0.15, -0.1) is 0 Å². The topological polar surface area (TPSA) is 12.0 Å². The third-order valence-electron chi connectivity index (χ3n) is 3.32. The zero-order valence-electron chi connectivity index (χ0n) is 11.4. The molecule has 0 fully saturated rings. The summed E-state index contributed by atoms with van der Waals surface area (Å²) in [7, 11) is 0. The van der Waals surface area contributed by atoms with Crippen molar-refractivity contribution in [1.29, 1.82) is 0 Å². The molecule has 0 aliphatic heterocycles. The quantitative estimate of drug-likeness (QED) is 0.728. The Morgan fingerprint density at radius 1 is 1.05 bits per heavy atom. The number of nitrogens with one attached hydrogen (secondary N) is 1. The lowest BCUT2D eigenvalue weighted by Gasteiger charge is -2.22. The maximum absolute atomic E-state index is 14.4. The average molecular weight is 401 g/mol. The molecule has 2 aromatic rings. The van der Waals surface area contributed by atoms with Gasteiger partial charge in [-0.25, -0.2) is 4.39 Å². The number of rotatable bonds is 4. The zero-order chi connectivity index (χ0) is 14.7. The lowest BCUT2D eigenvalue weighted by Crippen LogP contribution is -2.24. The lowest BCUT2D eigenvalue weighted by molar-refractivity contribution is 0.553. The van der Waals surface area contributed by atoms with Gasteiger partial charge < -0.3 is 5.32 Å². The standard InChI is InChI=1S/C16H16Br2FN/c1-3-20-16(11-6-4-8-13(17)10(11)2)12-7-5-9-14(18)15(12)19/h4-9,16,20H,3H2,1-2H3.